The molecule has 2 aromatic rings. The van der Waals surface area contributed by atoms with Crippen molar-refractivity contribution in [3.05, 3.63) is 45.5 Å². The number of carbonyl (C=O) groups is 1. The first-order chi connectivity index (χ1) is 11.1. The van der Waals surface area contributed by atoms with E-state index in [-0.39, 0.29) is 12.3 Å². The SMILES string of the molecule is COc1cc(CC(=O)Nc2cccc(I)c2)cc(OC)c1OC. The number of nitrogens with one attached hydrogen (secondary N) is 1. The van der Waals surface area contributed by atoms with Crippen LogP contribution < -0.4 is 19.5 Å². The van der Waals surface area contributed by atoms with Crippen molar-refractivity contribution in [3.63, 3.8) is 0 Å². The van der Waals surface area contributed by atoms with Crippen LogP contribution in [0.4, 0.5) is 5.69 Å². The van der Waals surface area contributed by atoms with Gasteiger partial charge in [-0.05, 0) is 58.5 Å². The molecule has 0 saturated carbocycles. The van der Waals surface area contributed by atoms with Gasteiger partial charge in [0.15, 0.2) is 11.5 Å². The van der Waals surface area contributed by atoms with Gasteiger partial charge in [-0.2, -0.15) is 0 Å². The third-order valence-corrected chi connectivity index (χ3v) is 3.87. The van der Waals surface area contributed by atoms with E-state index in [9.17, 15) is 4.79 Å². The minimum absolute atomic E-state index is 0.110. The first-order valence-electron chi connectivity index (χ1n) is 6.91. The van der Waals surface area contributed by atoms with E-state index in [0.717, 1.165) is 14.8 Å². The van der Waals surface area contributed by atoms with Gasteiger partial charge in [-0.3, -0.25) is 4.79 Å². The summed E-state index contributed by atoms with van der Waals surface area (Å²) in [5, 5.41) is 2.88. The van der Waals surface area contributed by atoms with Crippen LogP contribution in [0.2, 0.25) is 0 Å². The van der Waals surface area contributed by atoms with Gasteiger partial charge in [0.05, 0.1) is 27.8 Å². The zero-order chi connectivity index (χ0) is 16.8. The fraction of sp³-hybridized carbons (Fsp3) is 0.235. The van der Waals surface area contributed by atoms with Crippen LogP contribution in [0, 0.1) is 3.57 Å². The van der Waals surface area contributed by atoms with Gasteiger partial charge in [0.1, 0.15) is 0 Å². The van der Waals surface area contributed by atoms with Crippen molar-refractivity contribution in [1.29, 1.82) is 0 Å². The second-order valence-electron chi connectivity index (χ2n) is 4.77. The van der Waals surface area contributed by atoms with Gasteiger partial charge in [0.25, 0.3) is 0 Å². The Hall–Kier alpha value is -1.96. The zero-order valence-electron chi connectivity index (χ0n) is 13.2. The Bertz CT molecular complexity index is 678. The number of carbonyl (C=O) groups excluding carboxylic acids is 1. The summed E-state index contributed by atoms with van der Waals surface area (Å²) < 4.78 is 16.9. The lowest BCUT2D eigenvalue weighted by Gasteiger charge is -2.14. The maximum absolute atomic E-state index is 12.2. The smallest absolute Gasteiger partial charge is 0.228 e. The van der Waals surface area contributed by atoms with E-state index in [0.29, 0.717) is 17.2 Å². The molecule has 0 heterocycles. The molecule has 0 bridgehead atoms. The molecule has 1 N–H and O–H groups in total. The Kier molecular flexibility index (Phi) is 6.09. The van der Waals surface area contributed by atoms with Crippen LogP contribution in [0.3, 0.4) is 0 Å². The second kappa shape index (κ2) is 8.05. The molecule has 0 radical (unpaired) electrons. The van der Waals surface area contributed by atoms with Crippen molar-refractivity contribution in [2.45, 2.75) is 6.42 Å². The molecule has 1 amide bonds. The van der Waals surface area contributed by atoms with Gasteiger partial charge in [0, 0.05) is 9.26 Å². The van der Waals surface area contributed by atoms with Gasteiger partial charge >= 0.3 is 0 Å². The average Bonchev–Trinajstić information content (AvgIpc) is 2.53. The third kappa shape index (κ3) is 4.51. The van der Waals surface area contributed by atoms with Crippen molar-refractivity contribution in [1.82, 2.24) is 0 Å². The molecule has 0 aliphatic carbocycles. The highest BCUT2D eigenvalue weighted by Gasteiger charge is 2.15. The molecule has 0 aliphatic heterocycles. The Balaban J connectivity index is 2.17. The lowest BCUT2D eigenvalue weighted by Crippen LogP contribution is -2.14. The Morgan fingerprint density at radius 1 is 1.04 bits per heavy atom. The van der Waals surface area contributed by atoms with E-state index in [4.69, 9.17) is 14.2 Å². The van der Waals surface area contributed by atoms with Crippen LogP contribution in [-0.2, 0) is 11.2 Å². The number of anilines is 1. The molecular weight excluding hydrogens is 409 g/mol. The first kappa shape index (κ1) is 17.4. The maximum atomic E-state index is 12.2. The summed E-state index contributed by atoms with van der Waals surface area (Å²) in [6, 6.07) is 11.2. The Labute approximate surface area is 149 Å². The average molecular weight is 427 g/mol. The minimum Gasteiger partial charge on any atom is -0.493 e. The van der Waals surface area contributed by atoms with E-state index in [1.54, 1.807) is 33.5 Å². The molecule has 0 saturated heterocycles. The van der Waals surface area contributed by atoms with Gasteiger partial charge in [-0.1, -0.05) is 6.07 Å². The molecule has 6 heteroatoms. The van der Waals surface area contributed by atoms with Crippen molar-refractivity contribution >= 4 is 34.2 Å². The summed E-state index contributed by atoms with van der Waals surface area (Å²) in [7, 11) is 4.64. The normalized spacial score (nSPS) is 10.1. The van der Waals surface area contributed by atoms with Crippen LogP contribution >= 0.6 is 22.6 Å². The Morgan fingerprint density at radius 3 is 2.22 bits per heavy atom. The molecule has 0 fully saturated rings. The van der Waals surface area contributed by atoms with Crippen LogP contribution in [0.15, 0.2) is 36.4 Å². The number of rotatable bonds is 6. The van der Waals surface area contributed by atoms with E-state index >= 15 is 0 Å². The quantitative estimate of drug-likeness (QED) is 0.718. The number of halogens is 1. The Morgan fingerprint density at radius 2 is 1.70 bits per heavy atom. The highest BCUT2D eigenvalue weighted by atomic mass is 127. The standard InChI is InChI=1S/C17H18INO4/c1-21-14-7-11(8-15(22-2)17(14)23-3)9-16(20)19-13-6-4-5-12(18)10-13/h4-8,10H,9H2,1-3H3,(H,19,20). The number of ether oxygens (including phenoxy) is 3. The lowest BCUT2D eigenvalue weighted by atomic mass is 10.1. The van der Waals surface area contributed by atoms with E-state index in [2.05, 4.69) is 27.9 Å². The molecule has 0 spiro atoms. The van der Waals surface area contributed by atoms with Crippen molar-refractivity contribution in [3.8, 4) is 17.2 Å². The molecule has 0 aliphatic rings. The van der Waals surface area contributed by atoms with Gasteiger partial charge in [-0.15, -0.1) is 0 Å². The van der Waals surface area contributed by atoms with Crippen molar-refractivity contribution in [2.75, 3.05) is 26.6 Å². The van der Waals surface area contributed by atoms with Crippen LogP contribution in [0.1, 0.15) is 5.56 Å². The van der Waals surface area contributed by atoms with Crippen molar-refractivity contribution < 1.29 is 19.0 Å². The summed E-state index contributed by atoms with van der Waals surface area (Å²) in [6.07, 6.45) is 0.211. The first-order valence-corrected chi connectivity index (χ1v) is 7.99. The predicted molar refractivity (Wildman–Crippen MR) is 97.6 cm³/mol. The molecule has 23 heavy (non-hydrogen) atoms. The predicted octanol–water partition coefficient (Wildman–Crippen LogP) is 3.50. The van der Waals surface area contributed by atoms with E-state index < -0.39 is 0 Å². The van der Waals surface area contributed by atoms with Crippen LogP contribution in [0.5, 0.6) is 17.2 Å². The summed E-state index contributed by atoms with van der Waals surface area (Å²) in [5.74, 6) is 1.46. The number of hydrogen-bond acceptors (Lipinski definition) is 4. The van der Waals surface area contributed by atoms with Gasteiger partial charge < -0.3 is 19.5 Å². The van der Waals surface area contributed by atoms with Gasteiger partial charge in [0.2, 0.25) is 11.7 Å². The maximum Gasteiger partial charge on any atom is 0.228 e. The fourth-order valence-electron chi connectivity index (χ4n) is 2.19. The van der Waals surface area contributed by atoms with Gasteiger partial charge in [-0.25, -0.2) is 0 Å². The number of amides is 1. The third-order valence-electron chi connectivity index (χ3n) is 3.20. The van der Waals surface area contributed by atoms with E-state index in [1.165, 1.54) is 0 Å². The molecule has 0 aromatic heterocycles. The molecule has 0 atom stereocenters. The highest BCUT2D eigenvalue weighted by molar-refractivity contribution is 14.1. The molecule has 122 valence electrons. The molecule has 2 rings (SSSR count). The number of methoxy groups -OCH3 is 3. The van der Waals surface area contributed by atoms with Crippen LogP contribution in [0.25, 0.3) is 0 Å². The van der Waals surface area contributed by atoms with Crippen LogP contribution in [-0.4, -0.2) is 27.2 Å². The van der Waals surface area contributed by atoms with E-state index in [1.807, 2.05) is 24.3 Å². The van der Waals surface area contributed by atoms with Crippen molar-refractivity contribution in [2.24, 2.45) is 0 Å². The summed E-state index contributed by atoms with van der Waals surface area (Å²) in [5.41, 5.74) is 1.55. The topological polar surface area (TPSA) is 56.8 Å². The monoisotopic (exact) mass is 427 g/mol. The molecule has 2 aromatic carbocycles. The molecule has 0 unspecified atom stereocenters. The fourth-order valence-corrected chi connectivity index (χ4v) is 2.74. The highest BCUT2D eigenvalue weighted by Crippen LogP contribution is 2.38. The molecule has 5 nitrogen and oxygen atoms in total. The molecular formula is C17H18INO4. The summed E-state index contributed by atoms with van der Waals surface area (Å²) >= 11 is 2.20. The number of hydrogen-bond donors (Lipinski definition) is 1. The largest absolute Gasteiger partial charge is 0.493 e. The second-order valence-corrected chi connectivity index (χ2v) is 6.01. The lowest BCUT2D eigenvalue weighted by molar-refractivity contribution is -0.115. The zero-order valence-corrected chi connectivity index (χ0v) is 15.3. The summed E-state index contributed by atoms with van der Waals surface area (Å²) in [6.45, 7) is 0. The summed E-state index contributed by atoms with van der Waals surface area (Å²) in [4.78, 5) is 12.2. The minimum atomic E-state index is -0.110. The number of benzene rings is 2.